The summed E-state index contributed by atoms with van der Waals surface area (Å²) in [7, 11) is 1.82. The lowest BCUT2D eigenvalue weighted by molar-refractivity contribution is 0.0963. The van der Waals surface area contributed by atoms with E-state index in [2.05, 4.69) is 37.7 Å². The van der Waals surface area contributed by atoms with Crippen LogP contribution >= 0.6 is 0 Å². The van der Waals surface area contributed by atoms with Gasteiger partial charge in [-0.05, 0) is 50.1 Å². The minimum absolute atomic E-state index is 0.174. The molecule has 6 rings (SSSR count). The molecule has 1 atom stereocenters. The first-order valence-electron chi connectivity index (χ1n) is 12.6. The van der Waals surface area contributed by atoms with Crippen molar-refractivity contribution in [3.63, 3.8) is 0 Å². The first-order chi connectivity index (χ1) is 18.1. The number of pyridine rings is 2. The summed E-state index contributed by atoms with van der Waals surface area (Å²) in [6, 6.07) is 14.1. The lowest BCUT2D eigenvalue weighted by Crippen LogP contribution is -2.43. The molecule has 0 spiro atoms. The number of benzene rings is 1. The summed E-state index contributed by atoms with van der Waals surface area (Å²) in [5.41, 5.74) is 4.63. The highest BCUT2D eigenvalue weighted by Gasteiger charge is 2.26. The quantitative estimate of drug-likeness (QED) is 0.340. The van der Waals surface area contributed by atoms with Gasteiger partial charge in [0.1, 0.15) is 17.0 Å². The van der Waals surface area contributed by atoms with E-state index in [9.17, 15) is 4.79 Å². The van der Waals surface area contributed by atoms with Crippen LogP contribution in [0.2, 0.25) is 0 Å². The van der Waals surface area contributed by atoms with Crippen LogP contribution in [0.5, 0.6) is 0 Å². The topological polar surface area (TPSA) is 117 Å². The van der Waals surface area contributed by atoms with Crippen molar-refractivity contribution < 1.29 is 13.9 Å². The van der Waals surface area contributed by atoms with Gasteiger partial charge in [-0.1, -0.05) is 6.07 Å². The van der Waals surface area contributed by atoms with Crippen molar-refractivity contribution in [3.8, 4) is 11.3 Å². The predicted molar refractivity (Wildman–Crippen MR) is 143 cm³/mol. The molecular formula is C27H29N7O3. The van der Waals surface area contributed by atoms with E-state index < -0.39 is 0 Å². The van der Waals surface area contributed by atoms with Crippen molar-refractivity contribution >= 4 is 40.2 Å². The maximum Gasteiger partial charge on any atom is 0.298 e. The molecule has 1 saturated heterocycles. The molecule has 0 bridgehead atoms. The van der Waals surface area contributed by atoms with E-state index in [-0.39, 0.29) is 11.9 Å². The average molecular weight is 500 g/mol. The molecule has 1 aliphatic heterocycles. The Kier molecular flexibility index (Phi) is 6.09. The maximum absolute atomic E-state index is 13.3. The summed E-state index contributed by atoms with van der Waals surface area (Å²) in [4.78, 5) is 29.1. The average Bonchev–Trinajstić information content (AvgIpc) is 3.65. The van der Waals surface area contributed by atoms with Gasteiger partial charge in [0, 0.05) is 37.5 Å². The molecule has 3 aromatic heterocycles. The standard InChI is InChI=1S/C27H29N7O3/c1-16-15-36-11-10-34(16)27-33-23-12-21(30-18-7-8-18)22(13-24(23)37-27)32-26(35)20-5-3-4-19(31-20)17-6-9-25(28-2)29-14-17/h3-6,9,12-14,16,18,30H,7-8,10-11,15H2,1-2H3,(H,28,29)(H,32,35)/t16-/m1/s1. The zero-order chi connectivity index (χ0) is 25.4. The smallest absolute Gasteiger partial charge is 0.298 e. The molecule has 1 aliphatic carbocycles. The second-order valence-electron chi connectivity index (χ2n) is 9.44. The van der Waals surface area contributed by atoms with Gasteiger partial charge in [0.15, 0.2) is 5.58 Å². The van der Waals surface area contributed by atoms with Crippen molar-refractivity contribution in [1.29, 1.82) is 0 Å². The highest BCUT2D eigenvalue weighted by atomic mass is 16.5. The zero-order valence-corrected chi connectivity index (χ0v) is 20.8. The van der Waals surface area contributed by atoms with Gasteiger partial charge in [0.2, 0.25) is 0 Å². The first kappa shape index (κ1) is 23.2. The van der Waals surface area contributed by atoms with Gasteiger partial charge in [-0.3, -0.25) is 4.79 Å². The lowest BCUT2D eigenvalue weighted by Gasteiger charge is -2.31. The third kappa shape index (κ3) is 4.92. The number of morpholine rings is 1. The fraction of sp³-hybridized carbons (Fsp3) is 0.333. The molecule has 10 heteroatoms. The number of nitrogens with one attached hydrogen (secondary N) is 3. The van der Waals surface area contributed by atoms with E-state index in [1.54, 1.807) is 12.3 Å². The molecule has 4 aromatic rings. The van der Waals surface area contributed by atoms with Gasteiger partial charge in [-0.25, -0.2) is 9.97 Å². The number of fused-ring (bicyclic) bond motifs is 1. The zero-order valence-electron chi connectivity index (χ0n) is 20.8. The molecule has 2 aliphatic rings. The van der Waals surface area contributed by atoms with Crippen LogP contribution in [0, 0.1) is 0 Å². The molecule has 10 nitrogen and oxygen atoms in total. The fourth-order valence-electron chi connectivity index (χ4n) is 4.37. The Morgan fingerprint density at radius 3 is 2.76 bits per heavy atom. The van der Waals surface area contributed by atoms with Crippen molar-refractivity contribution in [2.45, 2.75) is 31.8 Å². The molecular weight excluding hydrogens is 470 g/mol. The SMILES string of the molecule is CNc1ccc(-c2cccc(C(=O)Nc3cc4oc(N5CCOC[C@H]5C)nc4cc3NC3CC3)n2)cn1. The van der Waals surface area contributed by atoms with Gasteiger partial charge in [0.05, 0.1) is 36.3 Å². The minimum atomic E-state index is -0.304. The van der Waals surface area contributed by atoms with E-state index >= 15 is 0 Å². The molecule has 2 fully saturated rings. The second-order valence-corrected chi connectivity index (χ2v) is 9.44. The number of nitrogens with zero attached hydrogens (tertiary/aromatic N) is 4. The normalized spacial score (nSPS) is 17.6. The second kappa shape index (κ2) is 9.70. The molecule has 0 radical (unpaired) electrons. The number of rotatable bonds is 7. The highest BCUT2D eigenvalue weighted by Crippen LogP contribution is 2.35. The predicted octanol–water partition coefficient (Wildman–Crippen LogP) is 4.38. The molecule has 1 saturated carbocycles. The van der Waals surface area contributed by atoms with Gasteiger partial charge < -0.3 is 30.0 Å². The van der Waals surface area contributed by atoms with Crippen molar-refractivity contribution in [2.75, 3.05) is 47.7 Å². The summed E-state index contributed by atoms with van der Waals surface area (Å²) < 4.78 is 11.7. The number of aromatic nitrogens is 3. The Labute approximate surface area is 214 Å². The van der Waals surface area contributed by atoms with Crippen molar-refractivity contribution in [2.24, 2.45) is 0 Å². The molecule has 4 heterocycles. The Bertz CT molecular complexity index is 1430. The monoisotopic (exact) mass is 499 g/mol. The van der Waals surface area contributed by atoms with Gasteiger partial charge in [-0.15, -0.1) is 0 Å². The van der Waals surface area contributed by atoms with E-state index in [4.69, 9.17) is 14.1 Å². The Hall–Kier alpha value is -4.18. The summed E-state index contributed by atoms with van der Waals surface area (Å²) in [6.07, 6.45) is 3.94. The van der Waals surface area contributed by atoms with E-state index in [1.165, 1.54) is 0 Å². The summed E-state index contributed by atoms with van der Waals surface area (Å²) in [5, 5.41) is 9.55. The number of hydrogen-bond donors (Lipinski definition) is 3. The Balaban J connectivity index is 1.29. The van der Waals surface area contributed by atoms with Gasteiger partial charge in [-0.2, -0.15) is 4.98 Å². The van der Waals surface area contributed by atoms with Crippen LogP contribution < -0.4 is 20.9 Å². The number of hydrogen-bond acceptors (Lipinski definition) is 9. The molecule has 3 N–H and O–H groups in total. The fourth-order valence-corrected chi connectivity index (χ4v) is 4.37. The van der Waals surface area contributed by atoms with Crippen LogP contribution in [0.15, 0.2) is 53.1 Å². The van der Waals surface area contributed by atoms with Crippen LogP contribution in [0.3, 0.4) is 0 Å². The lowest BCUT2D eigenvalue weighted by atomic mass is 10.1. The summed E-state index contributed by atoms with van der Waals surface area (Å²) >= 11 is 0. The van der Waals surface area contributed by atoms with Crippen LogP contribution in [0.25, 0.3) is 22.4 Å². The molecule has 1 aromatic carbocycles. The van der Waals surface area contributed by atoms with E-state index in [0.29, 0.717) is 47.9 Å². The third-order valence-electron chi connectivity index (χ3n) is 6.61. The number of ether oxygens (including phenoxy) is 1. The minimum Gasteiger partial charge on any atom is -0.423 e. The largest absolute Gasteiger partial charge is 0.423 e. The third-order valence-corrected chi connectivity index (χ3v) is 6.61. The summed E-state index contributed by atoms with van der Waals surface area (Å²) in [5.74, 6) is 0.462. The Morgan fingerprint density at radius 2 is 2.00 bits per heavy atom. The number of carbonyl (C=O) groups is 1. The molecule has 1 amide bonds. The number of amides is 1. The van der Waals surface area contributed by atoms with Gasteiger partial charge in [0.25, 0.3) is 11.9 Å². The molecule has 190 valence electrons. The highest BCUT2D eigenvalue weighted by molar-refractivity contribution is 6.06. The summed E-state index contributed by atoms with van der Waals surface area (Å²) in [6.45, 7) is 4.09. The van der Waals surface area contributed by atoms with Crippen molar-refractivity contribution in [3.05, 3.63) is 54.4 Å². The van der Waals surface area contributed by atoms with Crippen LogP contribution in [-0.2, 0) is 4.74 Å². The maximum atomic E-state index is 13.3. The molecule has 37 heavy (non-hydrogen) atoms. The Morgan fingerprint density at radius 1 is 1.11 bits per heavy atom. The number of oxazole rings is 1. The van der Waals surface area contributed by atoms with Crippen molar-refractivity contribution in [1.82, 2.24) is 15.0 Å². The van der Waals surface area contributed by atoms with Crippen LogP contribution in [0.4, 0.5) is 23.2 Å². The van der Waals surface area contributed by atoms with Crippen LogP contribution in [-0.4, -0.2) is 59.7 Å². The molecule has 0 unspecified atom stereocenters. The first-order valence-corrected chi connectivity index (χ1v) is 12.6. The van der Waals surface area contributed by atoms with E-state index in [1.807, 2.05) is 43.4 Å². The number of anilines is 4. The van der Waals surface area contributed by atoms with Crippen LogP contribution in [0.1, 0.15) is 30.3 Å². The van der Waals surface area contributed by atoms with Gasteiger partial charge >= 0.3 is 0 Å². The number of carbonyl (C=O) groups excluding carboxylic acids is 1. The van der Waals surface area contributed by atoms with E-state index in [0.717, 1.165) is 42.0 Å².